The van der Waals surface area contributed by atoms with Gasteiger partial charge in [-0.3, -0.25) is 0 Å². The molecule has 116 valence electrons. The number of carbonyl (C=O) groups is 2. The summed E-state index contributed by atoms with van der Waals surface area (Å²) in [4.78, 5) is 22.7. The zero-order valence-corrected chi connectivity index (χ0v) is 12.2. The largest absolute Gasteiger partial charge is 0.480 e. The Balaban J connectivity index is 2.45. The third-order valence-electron chi connectivity index (χ3n) is 3.87. The SMILES string of the molecule is CCOC1CC(NC(=O)N[C@H](CCO)C(=O)O)C1(C)C. The summed E-state index contributed by atoms with van der Waals surface area (Å²) in [6, 6.07) is -1.66. The first-order valence-corrected chi connectivity index (χ1v) is 6.85. The Morgan fingerprint density at radius 3 is 2.55 bits per heavy atom. The number of amides is 2. The molecule has 1 saturated carbocycles. The van der Waals surface area contributed by atoms with Gasteiger partial charge in [0.1, 0.15) is 6.04 Å². The molecule has 7 heteroatoms. The van der Waals surface area contributed by atoms with Crippen molar-refractivity contribution in [2.75, 3.05) is 13.2 Å². The highest BCUT2D eigenvalue weighted by molar-refractivity contribution is 5.82. The quantitative estimate of drug-likeness (QED) is 0.540. The van der Waals surface area contributed by atoms with Crippen LogP contribution in [0.3, 0.4) is 0 Å². The van der Waals surface area contributed by atoms with Crippen LogP contribution >= 0.6 is 0 Å². The van der Waals surface area contributed by atoms with Gasteiger partial charge in [-0.1, -0.05) is 13.8 Å². The summed E-state index contributed by atoms with van der Waals surface area (Å²) in [6.45, 7) is 6.27. The van der Waals surface area contributed by atoms with Crippen LogP contribution < -0.4 is 10.6 Å². The van der Waals surface area contributed by atoms with Crippen molar-refractivity contribution in [3.63, 3.8) is 0 Å². The second-order valence-electron chi connectivity index (χ2n) is 5.57. The van der Waals surface area contributed by atoms with Gasteiger partial charge in [0.25, 0.3) is 0 Å². The molecule has 0 heterocycles. The summed E-state index contributed by atoms with van der Waals surface area (Å²) >= 11 is 0. The first-order valence-electron chi connectivity index (χ1n) is 6.85. The number of nitrogens with one attached hydrogen (secondary N) is 2. The van der Waals surface area contributed by atoms with Gasteiger partial charge in [-0.25, -0.2) is 9.59 Å². The van der Waals surface area contributed by atoms with Crippen LogP contribution in [0.2, 0.25) is 0 Å². The molecule has 0 aromatic carbocycles. The van der Waals surface area contributed by atoms with Gasteiger partial charge in [0.05, 0.1) is 6.10 Å². The lowest BCUT2D eigenvalue weighted by Gasteiger charge is -2.51. The second-order valence-corrected chi connectivity index (χ2v) is 5.57. The number of carboxylic acid groups (broad SMARTS) is 1. The molecule has 0 aromatic heterocycles. The summed E-state index contributed by atoms with van der Waals surface area (Å²) < 4.78 is 5.56. The molecule has 20 heavy (non-hydrogen) atoms. The highest BCUT2D eigenvalue weighted by Crippen LogP contribution is 2.42. The molecule has 0 aliphatic heterocycles. The monoisotopic (exact) mass is 288 g/mol. The average Bonchev–Trinajstić information content (AvgIpc) is 2.37. The van der Waals surface area contributed by atoms with Gasteiger partial charge in [0.15, 0.2) is 0 Å². The minimum Gasteiger partial charge on any atom is -0.480 e. The fraction of sp³-hybridized carbons (Fsp3) is 0.846. The Morgan fingerprint density at radius 2 is 2.10 bits per heavy atom. The molecule has 2 amide bonds. The molecular weight excluding hydrogens is 264 g/mol. The summed E-state index contributed by atoms with van der Waals surface area (Å²) in [7, 11) is 0. The van der Waals surface area contributed by atoms with Crippen molar-refractivity contribution < 1.29 is 24.5 Å². The van der Waals surface area contributed by atoms with E-state index in [1.54, 1.807) is 0 Å². The number of carbonyl (C=O) groups excluding carboxylic acids is 1. The van der Waals surface area contributed by atoms with Crippen molar-refractivity contribution in [3.05, 3.63) is 0 Å². The van der Waals surface area contributed by atoms with E-state index in [0.29, 0.717) is 13.0 Å². The Bertz CT molecular complexity index is 359. The molecule has 0 spiro atoms. The summed E-state index contributed by atoms with van der Waals surface area (Å²) in [5.74, 6) is -1.16. The van der Waals surface area contributed by atoms with Crippen molar-refractivity contribution >= 4 is 12.0 Å². The van der Waals surface area contributed by atoms with E-state index in [0.717, 1.165) is 0 Å². The van der Waals surface area contributed by atoms with Crippen LogP contribution in [0, 0.1) is 5.41 Å². The highest BCUT2D eigenvalue weighted by atomic mass is 16.5. The van der Waals surface area contributed by atoms with Crippen LogP contribution in [-0.4, -0.2) is 53.6 Å². The molecule has 1 aliphatic rings. The van der Waals surface area contributed by atoms with Crippen LogP contribution in [0.5, 0.6) is 0 Å². The summed E-state index contributed by atoms with van der Waals surface area (Å²) in [5, 5.41) is 22.8. The number of ether oxygens (including phenoxy) is 1. The van der Waals surface area contributed by atoms with E-state index in [9.17, 15) is 9.59 Å². The number of hydrogen-bond acceptors (Lipinski definition) is 4. The van der Waals surface area contributed by atoms with E-state index in [-0.39, 0.29) is 30.6 Å². The predicted molar refractivity (Wildman–Crippen MR) is 72.4 cm³/mol. The van der Waals surface area contributed by atoms with Crippen molar-refractivity contribution in [2.24, 2.45) is 5.41 Å². The second kappa shape index (κ2) is 6.90. The molecule has 1 rings (SSSR count). The number of aliphatic hydroxyl groups is 1. The molecule has 0 bridgehead atoms. The number of urea groups is 1. The summed E-state index contributed by atoms with van der Waals surface area (Å²) in [5.41, 5.74) is -0.178. The normalized spacial score (nSPS) is 25.4. The van der Waals surface area contributed by atoms with E-state index in [1.807, 2.05) is 20.8 Å². The molecule has 4 N–H and O–H groups in total. The fourth-order valence-corrected chi connectivity index (χ4v) is 2.36. The maximum absolute atomic E-state index is 11.8. The number of hydrogen-bond donors (Lipinski definition) is 4. The Labute approximate surface area is 118 Å². The molecule has 1 fully saturated rings. The summed E-state index contributed by atoms with van der Waals surface area (Å²) in [6.07, 6.45) is 0.801. The minimum atomic E-state index is -1.16. The van der Waals surface area contributed by atoms with Crippen molar-refractivity contribution in [2.45, 2.75) is 51.8 Å². The molecular formula is C13H24N2O5. The van der Waals surface area contributed by atoms with E-state index in [4.69, 9.17) is 14.9 Å². The lowest BCUT2D eigenvalue weighted by molar-refractivity contribution is -0.139. The lowest BCUT2D eigenvalue weighted by atomic mass is 9.64. The number of aliphatic carboxylic acids is 1. The van der Waals surface area contributed by atoms with Crippen molar-refractivity contribution in [3.8, 4) is 0 Å². The minimum absolute atomic E-state index is 0.0155. The van der Waals surface area contributed by atoms with Gasteiger partial charge in [0, 0.05) is 31.1 Å². The Kier molecular flexibility index (Phi) is 5.76. The zero-order chi connectivity index (χ0) is 15.3. The Morgan fingerprint density at radius 1 is 1.45 bits per heavy atom. The first kappa shape index (κ1) is 16.7. The van der Waals surface area contributed by atoms with Gasteiger partial charge in [-0.15, -0.1) is 0 Å². The molecule has 0 radical (unpaired) electrons. The number of rotatable bonds is 7. The number of aliphatic hydroxyl groups excluding tert-OH is 1. The first-order chi connectivity index (χ1) is 9.32. The number of carboxylic acids is 1. The standard InChI is InChI=1S/C13H24N2O5/c1-4-20-10-7-9(13(10,2)3)15-12(19)14-8(5-6-16)11(17)18/h8-10,16H,4-7H2,1-3H3,(H,17,18)(H2,14,15,19)/t8-,9?,10?/m1/s1. The van der Waals surface area contributed by atoms with Crippen LogP contribution in [0.15, 0.2) is 0 Å². The third-order valence-corrected chi connectivity index (χ3v) is 3.87. The van der Waals surface area contributed by atoms with Crippen LogP contribution in [0.1, 0.15) is 33.6 Å². The maximum atomic E-state index is 11.8. The molecule has 2 unspecified atom stereocenters. The van der Waals surface area contributed by atoms with Gasteiger partial charge in [0.2, 0.25) is 0 Å². The molecule has 3 atom stereocenters. The third kappa shape index (κ3) is 3.83. The highest BCUT2D eigenvalue weighted by Gasteiger charge is 2.49. The van der Waals surface area contributed by atoms with Gasteiger partial charge in [-0.05, 0) is 13.3 Å². The Hall–Kier alpha value is -1.34. The van der Waals surface area contributed by atoms with Crippen molar-refractivity contribution in [1.82, 2.24) is 10.6 Å². The molecule has 0 saturated heterocycles. The van der Waals surface area contributed by atoms with Crippen LogP contribution in [0.4, 0.5) is 4.79 Å². The fourth-order valence-electron chi connectivity index (χ4n) is 2.36. The van der Waals surface area contributed by atoms with Crippen LogP contribution in [-0.2, 0) is 9.53 Å². The zero-order valence-electron chi connectivity index (χ0n) is 12.2. The van der Waals surface area contributed by atoms with E-state index in [2.05, 4.69) is 10.6 Å². The van der Waals surface area contributed by atoms with E-state index in [1.165, 1.54) is 0 Å². The van der Waals surface area contributed by atoms with Crippen molar-refractivity contribution in [1.29, 1.82) is 0 Å². The predicted octanol–water partition coefficient (Wildman–Crippen LogP) is 0.325. The van der Waals surface area contributed by atoms with Crippen LogP contribution in [0.25, 0.3) is 0 Å². The average molecular weight is 288 g/mol. The topological polar surface area (TPSA) is 108 Å². The molecule has 0 aromatic rings. The van der Waals surface area contributed by atoms with Gasteiger partial charge in [-0.2, -0.15) is 0 Å². The van der Waals surface area contributed by atoms with Gasteiger partial charge < -0.3 is 25.6 Å². The van der Waals surface area contributed by atoms with E-state index >= 15 is 0 Å². The lowest BCUT2D eigenvalue weighted by Crippen LogP contribution is -2.64. The smallest absolute Gasteiger partial charge is 0.326 e. The maximum Gasteiger partial charge on any atom is 0.326 e. The molecule has 1 aliphatic carbocycles. The van der Waals surface area contributed by atoms with E-state index < -0.39 is 18.0 Å². The molecule has 7 nitrogen and oxygen atoms in total. The van der Waals surface area contributed by atoms with Gasteiger partial charge >= 0.3 is 12.0 Å².